The maximum absolute atomic E-state index is 12.7. The molecule has 0 spiro atoms. The van der Waals surface area contributed by atoms with Gasteiger partial charge in [0.05, 0.1) is 17.1 Å². The van der Waals surface area contributed by atoms with Crippen LogP contribution in [0, 0.1) is 13.8 Å². The zero-order valence-corrected chi connectivity index (χ0v) is 18.2. The molecule has 4 rings (SSSR count). The van der Waals surface area contributed by atoms with E-state index in [-0.39, 0.29) is 5.91 Å². The van der Waals surface area contributed by atoms with Gasteiger partial charge in [0.25, 0.3) is 5.91 Å². The van der Waals surface area contributed by atoms with E-state index < -0.39 is 0 Å². The molecule has 3 heterocycles. The summed E-state index contributed by atoms with van der Waals surface area (Å²) in [6, 6.07) is 10.3. The highest BCUT2D eigenvalue weighted by atomic mass is 32.2. The third kappa shape index (κ3) is 3.96. The number of nitrogens with one attached hydrogen (secondary N) is 1. The van der Waals surface area contributed by atoms with Gasteiger partial charge in [0.1, 0.15) is 4.83 Å². The second-order valence-electron chi connectivity index (χ2n) is 6.32. The Balaban J connectivity index is 1.56. The van der Waals surface area contributed by atoms with Crippen LogP contribution in [-0.2, 0) is 6.54 Å². The molecule has 144 valence electrons. The number of hydrogen-bond donors (Lipinski definition) is 1. The molecule has 6 nitrogen and oxygen atoms in total. The number of hydrogen-bond acceptors (Lipinski definition) is 7. The van der Waals surface area contributed by atoms with Gasteiger partial charge in [0.15, 0.2) is 4.34 Å². The third-order valence-corrected chi connectivity index (χ3v) is 7.18. The molecule has 0 atom stereocenters. The number of rotatable bonds is 6. The molecule has 1 amide bonds. The number of benzene rings is 1. The molecule has 0 bridgehead atoms. The van der Waals surface area contributed by atoms with Crippen molar-refractivity contribution in [3.8, 4) is 0 Å². The summed E-state index contributed by atoms with van der Waals surface area (Å²) >= 11 is 4.46. The molecule has 0 radical (unpaired) electrons. The number of fused-ring (bicyclic) bond motifs is 1. The Bertz CT molecular complexity index is 1130. The van der Waals surface area contributed by atoms with E-state index in [0.29, 0.717) is 16.6 Å². The highest BCUT2D eigenvalue weighted by Crippen LogP contribution is 2.30. The van der Waals surface area contributed by atoms with E-state index in [9.17, 15) is 4.79 Å². The molecule has 0 aliphatic heterocycles. The smallest absolute Gasteiger partial charge is 0.267 e. The maximum atomic E-state index is 12.7. The quantitative estimate of drug-likeness (QED) is 0.346. The number of amides is 1. The van der Waals surface area contributed by atoms with Crippen LogP contribution in [0.25, 0.3) is 10.2 Å². The summed E-state index contributed by atoms with van der Waals surface area (Å²) in [5, 5.41) is 17.2. The SMILES string of the molecule is CCSc1nnc(NC(=O)c2cc3c(C)nn(Cc4ccc(C)cc4)c3s2)s1. The molecule has 0 fully saturated rings. The van der Waals surface area contributed by atoms with Crippen LogP contribution in [0.2, 0.25) is 0 Å². The molecule has 0 aliphatic carbocycles. The number of carbonyl (C=O) groups is 1. The number of anilines is 1. The first kappa shape index (κ1) is 19.1. The predicted octanol–water partition coefficient (Wildman–Crippen LogP) is 4.98. The summed E-state index contributed by atoms with van der Waals surface area (Å²) in [6.07, 6.45) is 0. The highest BCUT2D eigenvalue weighted by molar-refractivity contribution is 8.01. The Kier molecular flexibility index (Phi) is 5.47. The molecule has 0 aliphatic rings. The van der Waals surface area contributed by atoms with E-state index in [1.165, 1.54) is 33.8 Å². The van der Waals surface area contributed by atoms with Gasteiger partial charge in [0, 0.05) is 5.39 Å². The standard InChI is InChI=1S/C19H19N5OS3/c1-4-26-19-22-21-18(28-19)20-16(25)15-9-14-12(3)23-24(17(14)27-15)10-13-7-5-11(2)6-8-13/h5-9H,4,10H2,1-3H3,(H,20,21,25). The summed E-state index contributed by atoms with van der Waals surface area (Å²) in [6.45, 7) is 6.79. The van der Waals surface area contributed by atoms with Crippen molar-refractivity contribution < 1.29 is 4.79 Å². The van der Waals surface area contributed by atoms with E-state index in [1.807, 2.05) is 17.7 Å². The lowest BCUT2D eigenvalue weighted by Crippen LogP contribution is -2.09. The van der Waals surface area contributed by atoms with Crippen LogP contribution >= 0.6 is 34.4 Å². The first-order valence-electron chi connectivity index (χ1n) is 8.83. The average Bonchev–Trinajstić information content (AvgIpc) is 3.36. The average molecular weight is 430 g/mol. The first-order chi connectivity index (χ1) is 13.5. The van der Waals surface area contributed by atoms with Gasteiger partial charge in [-0.15, -0.1) is 21.5 Å². The minimum Gasteiger partial charge on any atom is -0.296 e. The number of aromatic nitrogens is 4. The van der Waals surface area contributed by atoms with Crippen molar-refractivity contribution >= 4 is 55.7 Å². The Labute approximate surface area is 175 Å². The third-order valence-electron chi connectivity index (χ3n) is 4.18. The number of nitrogens with zero attached hydrogens (tertiary/aromatic N) is 4. The molecule has 0 saturated carbocycles. The summed E-state index contributed by atoms with van der Waals surface area (Å²) in [5.74, 6) is 0.766. The number of aryl methyl sites for hydroxylation is 2. The fraction of sp³-hybridized carbons (Fsp3) is 0.263. The van der Waals surface area contributed by atoms with Crippen LogP contribution in [0.5, 0.6) is 0 Å². The Morgan fingerprint density at radius 2 is 1.96 bits per heavy atom. The molecular formula is C19H19N5OS3. The second-order valence-corrected chi connectivity index (χ2v) is 9.84. The second kappa shape index (κ2) is 8.02. The first-order valence-corrected chi connectivity index (χ1v) is 11.5. The van der Waals surface area contributed by atoms with Crippen molar-refractivity contribution in [2.75, 3.05) is 11.1 Å². The van der Waals surface area contributed by atoms with E-state index in [0.717, 1.165) is 26.0 Å². The lowest BCUT2D eigenvalue weighted by Gasteiger charge is -2.03. The van der Waals surface area contributed by atoms with Crippen molar-refractivity contribution in [1.82, 2.24) is 20.0 Å². The molecule has 1 N–H and O–H groups in total. The van der Waals surface area contributed by atoms with Gasteiger partial charge in [0.2, 0.25) is 5.13 Å². The number of thioether (sulfide) groups is 1. The zero-order chi connectivity index (χ0) is 19.7. The highest BCUT2D eigenvalue weighted by Gasteiger charge is 2.18. The van der Waals surface area contributed by atoms with Crippen LogP contribution in [0.3, 0.4) is 0 Å². The number of thiophene rings is 1. The summed E-state index contributed by atoms with van der Waals surface area (Å²) in [4.78, 5) is 14.3. The van der Waals surface area contributed by atoms with Crippen molar-refractivity contribution in [3.63, 3.8) is 0 Å². The topological polar surface area (TPSA) is 72.7 Å². The molecular weight excluding hydrogens is 410 g/mol. The van der Waals surface area contributed by atoms with Gasteiger partial charge in [-0.2, -0.15) is 5.10 Å². The largest absolute Gasteiger partial charge is 0.296 e. The summed E-state index contributed by atoms with van der Waals surface area (Å²) < 4.78 is 2.83. The Morgan fingerprint density at radius 1 is 1.18 bits per heavy atom. The molecule has 0 saturated heterocycles. The van der Waals surface area contributed by atoms with Crippen molar-refractivity contribution in [1.29, 1.82) is 0 Å². The normalized spacial score (nSPS) is 11.2. The van der Waals surface area contributed by atoms with Crippen LogP contribution in [0.4, 0.5) is 5.13 Å². The Morgan fingerprint density at radius 3 is 2.71 bits per heavy atom. The van der Waals surface area contributed by atoms with Gasteiger partial charge < -0.3 is 0 Å². The molecule has 4 aromatic rings. The van der Waals surface area contributed by atoms with Gasteiger partial charge in [-0.05, 0) is 31.2 Å². The van der Waals surface area contributed by atoms with Gasteiger partial charge in [-0.1, -0.05) is 59.9 Å². The molecule has 0 unspecified atom stereocenters. The number of carbonyl (C=O) groups excluding carboxylic acids is 1. The van der Waals surface area contributed by atoms with Gasteiger partial charge in [-0.3, -0.25) is 14.8 Å². The predicted molar refractivity (Wildman–Crippen MR) is 117 cm³/mol. The van der Waals surface area contributed by atoms with Crippen molar-refractivity contribution in [2.24, 2.45) is 0 Å². The minimum atomic E-state index is -0.160. The summed E-state index contributed by atoms with van der Waals surface area (Å²) in [5.41, 5.74) is 3.34. The van der Waals surface area contributed by atoms with Crippen LogP contribution in [0.1, 0.15) is 33.4 Å². The molecule has 1 aromatic carbocycles. The van der Waals surface area contributed by atoms with Crippen molar-refractivity contribution in [3.05, 3.63) is 52.0 Å². The minimum absolute atomic E-state index is 0.160. The lowest BCUT2D eigenvalue weighted by atomic mass is 10.1. The van der Waals surface area contributed by atoms with E-state index in [2.05, 4.69) is 58.7 Å². The molecule has 3 aromatic heterocycles. The van der Waals surface area contributed by atoms with Crippen molar-refractivity contribution in [2.45, 2.75) is 31.7 Å². The maximum Gasteiger partial charge on any atom is 0.267 e. The van der Waals surface area contributed by atoms with E-state index in [4.69, 9.17) is 0 Å². The fourth-order valence-electron chi connectivity index (χ4n) is 2.80. The van der Waals surface area contributed by atoms with E-state index in [1.54, 1.807) is 11.8 Å². The van der Waals surface area contributed by atoms with Gasteiger partial charge in [-0.25, -0.2) is 0 Å². The summed E-state index contributed by atoms with van der Waals surface area (Å²) in [7, 11) is 0. The van der Waals surface area contributed by atoms with Gasteiger partial charge >= 0.3 is 0 Å². The monoisotopic (exact) mass is 429 g/mol. The van der Waals surface area contributed by atoms with E-state index >= 15 is 0 Å². The zero-order valence-electron chi connectivity index (χ0n) is 15.7. The molecule has 9 heteroatoms. The van der Waals surface area contributed by atoms with Crippen LogP contribution in [-0.4, -0.2) is 31.6 Å². The van der Waals surface area contributed by atoms with Crippen LogP contribution < -0.4 is 5.32 Å². The lowest BCUT2D eigenvalue weighted by molar-refractivity contribution is 0.103. The fourth-order valence-corrected chi connectivity index (χ4v) is 5.50. The molecule has 28 heavy (non-hydrogen) atoms. The Hall–Kier alpha value is -2.23. The van der Waals surface area contributed by atoms with Crippen LogP contribution in [0.15, 0.2) is 34.7 Å².